The molecule has 1 aromatic carbocycles. The van der Waals surface area contributed by atoms with Gasteiger partial charge in [0.05, 0.1) is 12.3 Å². The van der Waals surface area contributed by atoms with Crippen molar-refractivity contribution in [1.82, 2.24) is 20.0 Å². The molecule has 1 amide bonds. The van der Waals surface area contributed by atoms with Crippen LogP contribution in [-0.2, 0) is 11.2 Å². The summed E-state index contributed by atoms with van der Waals surface area (Å²) in [6, 6.07) is 12.0. The molecule has 4 rings (SSSR count). The van der Waals surface area contributed by atoms with Crippen LogP contribution in [0.3, 0.4) is 0 Å². The van der Waals surface area contributed by atoms with Crippen LogP contribution in [0.1, 0.15) is 31.2 Å². The molecule has 144 valence electrons. The summed E-state index contributed by atoms with van der Waals surface area (Å²) in [5.41, 5.74) is 1.86. The second-order valence-electron chi connectivity index (χ2n) is 7.18. The maximum Gasteiger partial charge on any atom is 0.233 e. The van der Waals surface area contributed by atoms with Crippen molar-refractivity contribution in [1.29, 1.82) is 0 Å². The number of pyridine rings is 1. The van der Waals surface area contributed by atoms with E-state index in [2.05, 4.69) is 41.1 Å². The third-order valence-corrected chi connectivity index (χ3v) is 5.61. The fourth-order valence-electron chi connectivity index (χ4n) is 3.10. The van der Waals surface area contributed by atoms with Gasteiger partial charge >= 0.3 is 0 Å². The molecule has 1 fully saturated rings. The van der Waals surface area contributed by atoms with E-state index in [1.807, 2.05) is 40.9 Å². The van der Waals surface area contributed by atoms with E-state index in [0.29, 0.717) is 36.5 Å². The quantitative estimate of drug-likeness (QED) is 0.592. The van der Waals surface area contributed by atoms with Crippen molar-refractivity contribution < 1.29 is 9.32 Å². The molecule has 1 saturated heterocycles. The Hall–Kier alpha value is -2.67. The summed E-state index contributed by atoms with van der Waals surface area (Å²) in [7, 11) is 0. The number of aromatic nitrogens is 3. The molecule has 0 atom stereocenters. The van der Waals surface area contributed by atoms with Gasteiger partial charge < -0.3 is 9.42 Å². The highest BCUT2D eigenvalue weighted by molar-refractivity contribution is 7.99. The highest BCUT2D eigenvalue weighted by atomic mass is 32.2. The van der Waals surface area contributed by atoms with Crippen LogP contribution in [0.4, 0.5) is 0 Å². The van der Waals surface area contributed by atoms with Crippen LogP contribution < -0.4 is 0 Å². The van der Waals surface area contributed by atoms with Gasteiger partial charge in [0.1, 0.15) is 0 Å². The smallest absolute Gasteiger partial charge is 0.233 e. The summed E-state index contributed by atoms with van der Waals surface area (Å²) in [5.74, 6) is 1.35. The lowest BCUT2D eigenvalue weighted by molar-refractivity contribution is -0.135. The lowest BCUT2D eigenvalue weighted by Crippen LogP contribution is -2.49. The molecule has 0 spiro atoms. The monoisotopic (exact) mass is 394 g/mol. The summed E-state index contributed by atoms with van der Waals surface area (Å²) in [4.78, 5) is 24.1. The molecule has 1 aliphatic heterocycles. The summed E-state index contributed by atoms with van der Waals surface area (Å²) >= 11 is 1.82. The SMILES string of the molecule is CC(C)Sc1ccc(CC(=O)N2CC(c3nc(-c4cccnc4)no3)C2)cc1. The molecule has 3 heterocycles. The van der Waals surface area contributed by atoms with Gasteiger partial charge in [0, 0.05) is 41.2 Å². The third-order valence-electron chi connectivity index (χ3n) is 4.60. The first-order valence-corrected chi connectivity index (χ1v) is 10.2. The first kappa shape index (κ1) is 18.7. The Balaban J connectivity index is 1.30. The first-order chi connectivity index (χ1) is 13.6. The molecular formula is C21H22N4O2S. The van der Waals surface area contributed by atoms with E-state index >= 15 is 0 Å². The fraction of sp³-hybridized carbons (Fsp3) is 0.333. The molecule has 0 bridgehead atoms. The molecule has 6 nitrogen and oxygen atoms in total. The van der Waals surface area contributed by atoms with E-state index in [9.17, 15) is 4.79 Å². The number of amides is 1. The molecule has 0 radical (unpaired) electrons. The number of hydrogen-bond acceptors (Lipinski definition) is 6. The van der Waals surface area contributed by atoms with Crippen molar-refractivity contribution in [3.05, 3.63) is 60.2 Å². The van der Waals surface area contributed by atoms with Gasteiger partial charge in [-0.05, 0) is 29.8 Å². The van der Waals surface area contributed by atoms with Gasteiger partial charge in [-0.25, -0.2) is 0 Å². The van der Waals surface area contributed by atoms with E-state index in [-0.39, 0.29) is 11.8 Å². The average molecular weight is 395 g/mol. The number of thioether (sulfide) groups is 1. The number of nitrogens with zero attached hydrogens (tertiary/aromatic N) is 4. The van der Waals surface area contributed by atoms with Crippen LogP contribution in [0.2, 0.25) is 0 Å². The van der Waals surface area contributed by atoms with Gasteiger partial charge in [-0.1, -0.05) is 31.1 Å². The molecule has 2 aromatic heterocycles. The summed E-state index contributed by atoms with van der Waals surface area (Å²) in [6.07, 6.45) is 3.83. The van der Waals surface area contributed by atoms with Crippen molar-refractivity contribution in [3.8, 4) is 11.4 Å². The molecule has 28 heavy (non-hydrogen) atoms. The molecular weight excluding hydrogens is 372 g/mol. The standard InChI is InChI=1S/C21H22N4O2S/c1-14(2)28-18-7-5-15(6-8-18)10-19(26)25-12-17(13-25)21-23-20(24-27-21)16-4-3-9-22-11-16/h3-9,11,14,17H,10,12-13H2,1-2H3. The zero-order valence-corrected chi connectivity index (χ0v) is 16.7. The van der Waals surface area contributed by atoms with Crippen molar-refractivity contribution >= 4 is 17.7 Å². The van der Waals surface area contributed by atoms with E-state index < -0.39 is 0 Å². The molecule has 7 heteroatoms. The van der Waals surface area contributed by atoms with Crippen LogP contribution in [0.15, 0.2) is 58.2 Å². The highest BCUT2D eigenvalue weighted by Crippen LogP contribution is 2.28. The number of hydrogen-bond donors (Lipinski definition) is 0. The van der Waals surface area contributed by atoms with Gasteiger partial charge in [0.2, 0.25) is 17.6 Å². The second kappa shape index (κ2) is 8.14. The van der Waals surface area contributed by atoms with Crippen molar-refractivity contribution in [2.75, 3.05) is 13.1 Å². The van der Waals surface area contributed by atoms with Gasteiger partial charge in [-0.15, -0.1) is 11.8 Å². The van der Waals surface area contributed by atoms with Crippen LogP contribution in [0.5, 0.6) is 0 Å². The Bertz CT molecular complexity index is 935. The van der Waals surface area contributed by atoms with Crippen LogP contribution in [-0.4, -0.2) is 44.3 Å². The zero-order chi connectivity index (χ0) is 19.5. The largest absolute Gasteiger partial charge is 0.341 e. The molecule has 3 aromatic rings. The number of rotatable bonds is 6. The predicted octanol–water partition coefficient (Wildman–Crippen LogP) is 3.80. The van der Waals surface area contributed by atoms with Gasteiger partial charge in [0.15, 0.2) is 0 Å². The van der Waals surface area contributed by atoms with E-state index in [1.54, 1.807) is 12.4 Å². The number of benzene rings is 1. The minimum atomic E-state index is 0.103. The minimum absolute atomic E-state index is 0.103. The normalized spacial score (nSPS) is 14.3. The van der Waals surface area contributed by atoms with E-state index in [0.717, 1.165) is 11.1 Å². The van der Waals surface area contributed by atoms with Crippen LogP contribution >= 0.6 is 11.8 Å². The van der Waals surface area contributed by atoms with Gasteiger partial charge in [0.25, 0.3) is 0 Å². The Morgan fingerprint density at radius 1 is 1.25 bits per heavy atom. The zero-order valence-electron chi connectivity index (χ0n) is 15.9. The van der Waals surface area contributed by atoms with Crippen molar-refractivity contribution in [2.45, 2.75) is 36.3 Å². The Morgan fingerprint density at radius 3 is 2.71 bits per heavy atom. The summed E-state index contributed by atoms with van der Waals surface area (Å²) in [5, 5.41) is 4.57. The minimum Gasteiger partial charge on any atom is -0.341 e. The van der Waals surface area contributed by atoms with Crippen LogP contribution in [0, 0.1) is 0 Å². The molecule has 0 saturated carbocycles. The van der Waals surface area contributed by atoms with Crippen molar-refractivity contribution in [2.24, 2.45) is 0 Å². The maximum absolute atomic E-state index is 12.5. The molecule has 1 aliphatic rings. The second-order valence-corrected chi connectivity index (χ2v) is 8.83. The lowest BCUT2D eigenvalue weighted by atomic mass is 9.99. The first-order valence-electron chi connectivity index (χ1n) is 9.36. The Labute approximate surface area is 168 Å². The maximum atomic E-state index is 12.5. The van der Waals surface area contributed by atoms with E-state index in [4.69, 9.17) is 4.52 Å². The van der Waals surface area contributed by atoms with Gasteiger partial charge in [-0.3, -0.25) is 9.78 Å². The number of likely N-dealkylation sites (tertiary alicyclic amines) is 1. The van der Waals surface area contributed by atoms with Crippen molar-refractivity contribution in [3.63, 3.8) is 0 Å². The van der Waals surface area contributed by atoms with E-state index in [1.165, 1.54) is 4.90 Å². The molecule has 0 unspecified atom stereocenters. The topological polar surface area (TPSA) is 72.1 Å². The lowest BCUT2D eigenvalue weighted by Gasteiger charge is -2.37. The average Bonchev–Trinajstić information content (AvgIpc) is 3.12. The fourth-order valence-corrected chi connectivity index (χ4v) is 3.93. The third kappa shape index (κ3) is 4.25. The number of carbonyl (C=O) groups excluding carboxylic acids is 1. The molecule has 0 N–H and O–H groups in total. The Kier molecular flexibility index (Phi) is 5.43. The van der Waals surface area contributed by atoms with Gasteiger partial charge in [-0.2, -0.15) is 4.98 Å². The Morgan fingerprint density at radius 2 is 2.04 bits per heavy atom. The number of carbonyl (C=O) groups is 1. The van der Waals surface area contributed by atoms with Crippen LogP contribution in [0.25, 0.3) is 11.4 Å². The summed E-state index contributed by atoms with van der Waals surface area (Å²) < 4.78 is 5.38. The predicted molar refractivity (Wildman–Crippen MR) is 108 cm³/mol. The molecule has 0 aliphatic carbocycles. The summed E-state index contributed by atoms with van der Waals surface area (Å²) in [6.45, 7) is 5.58. The highest BCUT2D eigenvalue weighted by Gasteiger charge is 2.35.